The summed E-state index contributed by atoms with van der Waals surface area (Å²) >= 11 is 1.61. The van der Waals surface area contributed by atoms with Gasteiger partial charge in [0.05, 0.1) is 19.4 Å². The molecule has 3 rings (SSSR count). The maximum absolute atomic E-state index is 13.2. The van der Waals surface area contributed by atoms with Crippen LogP contribution in [0.2, 0.25) is 0 Å². The molecule has 6 heteroatoms. The van der Waals surface area contributed by atoms with E-state index < -0.39 is 0 Å². The highest BCUT2D eigenvalue weighted by Gasteiger charge is 2.25. The van der Waals surface area contributed by atoms with Crippen molar-refractivity contribution in [3.63, 3.8) is 0 Å². The summed E-state index contributed by atoms with van der Waals surface area (Å²) in [6.45, 7) is 6.00. The van der Waals surface area contributed by atoms with Crippen LogP contribution >= 0.6 is 11.3 Å². The highest BCUT2D eigenvalue weighted by molar-refractivity contribution is 7.09. The van der Waals surface area contributed by atoms with Crippen LogP contribution < -0.4 is 0 Å². The molecular weight excluding hydrogens is 336 g/mol. The lowest BCUT2D eigenvalue weighted by Crippen LogP contribution is -2.30. The summed E-state index contributed by atoms with van der Waals surface area (Å²) in [5.41, 5.74) is 2.48. The van der Waals surface area contributed by atoms with Crippen LogP contribution in [0.5, 0.6) is 0 Å². The van der Waals surface area contributed by atoms with Crippen LogP contribution in [-0.2, 0) is 13.1 Å². The van der Waals surface area contributed by atoms with E-state index in [9.17, 15) is 9.59 Å². The number of Topliss-reactive ketones (excluding diaryl/α,β-unsaturated/α-hetero) is 1. The fourth-order valence-electron chi connectivity index (χ4n) is 3.03. The Labute approximate surface area is 150 Å². The van der Waals surface area contributed by atoms with Crippen LogP contribution in [0.15, 0.2) is 40.3 Å². The van der Waals surface area contributed by atoms with Crippen molar-refractivity contribution >= 4 is 23.0 Å². The minimum Gasteiger partial charge on any atom is -0.467 e. The average molecular weight is 356 g/mol. The summed E-state index contributed by atoms with van der Waals surface area (Å²) in [5.74, 6) is 0.539. The molecule has 0 aliphatic carbocycles. The Morgan fingerprint density at radius 3 is 2.56 bits per heavy atom. The number of carbonyl (C=O) groups excluding carboxylic acids is 2. The average Bonchev–Trinajstić information content (AvgIpc) is 3.28. The van der Waals surface area contributed by atoms with Crippen LogP contribution in [0.4, 0.5) is 0 Å². The number of carbonyl (C=O) groups is 2. The fraction of sp³-hybridized carbons (Fsp3) is 0.263. The minimum atomic E-state index is -0.141. The van der Waals surface area contributed by atoms with Gasteiger partial charge in [0.1, 0.15) is 11.5 Å². The van der Waals surface area contributed by atoms with E-state index in [2.05, 4.69) is 4.98 Å². The Balaban J connectivity index is 1.93. The molecule has 0 saturated heterocycles. The van der Waals surface area contributed by atoms with Crippen molar-refractivity contribution < 1.29 is 14.0 Å². The number of H-pyrrole nitrogens is 1. The van der Waals surface area contributed by atoms with Crippen LogP contribution in [0.25, 0.3) is 0 Å². The second kappa shape index (κ2) is 7.11. The molecule has 0 aliphatic heterocycles. The number of rotatable bonds is 6. The smallest absolute Gasteiger partial charge is 0.271 e. The van der Waals surface area contributed by atoms with Crippen LogP contribution in [0, 0.1) is 13.8 Å². The quantitative estimate of drug-likeness (QED) is 0.669. The molecule has 3 heterocycles. The highest BCUT2D eigenvalue weighted by atomic mass is 32.1. The number of aromatic nitrogens is 1. The number of ketones is 1. The van der Waals surface area contributed by atoms with E-state index in [1.165, 1.54) is 6.92 Å². The van der Waals surface area contributed by atoms with Gasteiger partial charge in [-0.25, -0.2) is 0 Å². The molecule has 25 heavy (non-hydrogen) atoms. The van der Waals surface area contributed by atoms with Gasteiger partial charge in [0.25, 0.3) is 5.91 Å². The first-order valence-corrected chi connectivity index (χ1v) is 8.89. The Hall–Kier alpha value is -2.60. The molecule has 1 amide bonds. The van der Waals surface area contributed by atoms with Crippen molar-refractivity contribution in [3.8, 4) is 0 Å². The molecule has 0 aromatic carbocycles. The van der Waals surface area contributed by atoms with Crippen LogP contribution in [0.1, 0.15) is 49.7 Å². The topological polar surface area (TPSA) is 66.3 Å². The Kier molecular flexibility index (Phi) is 4.90. The van der Waals surface area contributed by atoms with E-state index in [4.69, 9.17) is 4.42 Å². The summed E-state index contributed by atoms with van der Waals surface area (Å²) in [4.78, 5) is 30.9. The number of hydrogen-bond donors (Lipinski definition) is 1. The normalized spacial score (nSPS) is 10.8. The summed E-state index contributed by atoms with van der Waals surface area (Å²) < 4.78 is 5.41. The van der Waals surface area contributed by atoms with Crippen molar-refractivity contribution in [1.82, 2.24) is 9.88 Å². The molecule has 0 bridgehead atoms. The van der Waals surface area contributed by atoms with Crippen molar-refractivity contribution in [2.24, 2.45) is 0 Å². The van der Waals surface area contributed by atoms with Crippen molar-refractivity contribution in [3.05, 3.63) is 69.1 Å². The van der Waals surface area contributed by atoms with Gasteiger partial charge < -0.3 is 14.3 Å². The zero-order valence-corrected chi connectivity index (χ0v) is 15.3. The molecule has 0 fully saturated rings. The number of thiophene rings is 1. The summed E-state index contributed by atoms with van der Waals surface area (Å²) in [5, 5.41) is 1.99. The maximum Gasteiger partial charge on any atom is 0.271 e. The standard InChI is InChI=1S/C19H20N2O3S/c1-12-17(14(3)22)13(2)20-18(12)19(23)21(10-15-6-4-8-24-15)11-16-7-5-9-25-16/h4-9,20H,10-11H2,1-3H3. The van der Waals surface area contributed by atoms with E-state index >= 15 is 0 Å². The molecule has 3 aromatic rings. The molecule has 0 saturated carbocycles. The monoisotopic (exact) mass is 356 g/mol. The number of amides is 1. The Morgan fingerprint density at radius 2 is 2.00 bits per heavy atom. The Morgan fingerprint density at radius 1 is 1.20 bits per heavy atom. The first kappa shape index (κ1) is 17.2. The first-order valence-electron chi connectivity index (χ1n) is 8.01. The molecule has 0 aliphatic rings. The number of nitrogens with one attached hydrogen (secondary N) is 1. The van der Waals surface area contributed by atoms with Gasteiger partial charge in [0, 0.05) is 16.1 Å². The zero-order chi connectivity index (χ0) is 18.0. The SMILES string of the molecule is CC(=O)c1c(C)[nH]c(C(=O)N(Cc2ccco2)Cc2cccs2)c1C. The lowest BCUT2D eigenvalue weighted by Gasteiger charge is -2.21. The fourth-order valence-corrected chi connectivity index (χ4v) is 3.75. The van der Waals surface area contributed by atoms with E-state index in [1.807, 2.05) is 37.4 Å². The third-order valence-electron chi connectivity index (χ3n) is 4.14. The van der Waals surface area contributed by atoms with Gasteiger partial charge in [-0.2, -0.15) is 0 Å². The molecule has 0 spiro atoms. The van der Waals surface area contributed by atoms with Gasteiger partial charge >= 0.3 is 0 Å². The largest absolute Gasteiger partial charge is 0.467 e. The molecule has 5 nitrogen and oxygen atoms in total. The van der Waals surface area contributed by atoms with Crippen LogP contribution in [0.3, 0.4) is 0 Å². The molecule has 0 atom stereocenters. The summed E-state index contributed by atoms with van der Waals surface area (Å²) in [6.07, 6.45) is 1.60. The molecule has 3 aromatic heterocycles. The number of furan rings is 1. The van der Waals surface area contributed by atoms with Gasteiger partial charge in [-0.3, -0.25) is 9.59 Å². The number of nitrogens with zero attached hydrogens (tertiary/aromatic N) is 1. The molecule has 0 radical (unpaired) electrons. The maximum atomic E-state index is 13.2. The van der Waals surface area contributed by atoms with Gasteiger partial charge in [0.2, 0.25) is 0 Å². The van der Waals surface area contributed by atoms with Crippen molar-refractivity contribution in [2.45, 2.75) is 33.9 Å². The lowest BCUT2D eigenvalue weighted by molar-refractivity contribution is 0.0713. The van der Waals surface area contributed by atoms with E-state index in [0.717, 1.165) is 16.3 Å². The van der Waals surface area contributed by atoms with Gasteiger partial charge in [0.15, 0.2) is 5.78 Å². The lowest BCUT2D eigenvalue weighted by atomic mass is 10.1. The van der Waals surface area contributed by atoms with Crippen LogP contribution in [-0.4, -0.2) is 21.6 Å². The van der Waals surface area contributed by atoms with E-state index in [1.54, 1.807) is 28.6 Å². The predicted octanol–water partition coefficient (Wildman–Crippen LogP) is 4.33. The minimum absolute atomic E-state index is 0.0406. The number of aryl methyl sites for hydroxylation is 1. The van der Waals surface area contributed by atoms with Gasteiger partial charge in [-0.05, 0) is 49.9 Å². The summed E-state index contributed by atoms with van der Waals surface area (Å²) in [7, 11) is 0. The highest BCUT2D eigenvalue weighted by Crippen LogP contribution is 2.23. The third kappa shape index (κ3) is 3.58. The predicted molar refractivity (Wildman–Crippen MR) is 96.9 cm³/mol. The van der Waals surface area contributed by atoms with Gasteiger partial charge in [-0.1, -0.05) is 6.07 Å². The summed E-state index contributed by atoms with van der Waals surface area (Å²) in [6, 6.07) is 7.62. The molecule has 0 unspecified atom stereocenters. The molecule has 130 valence electrons. The van der Waals surface area contributed by atoms with Gasteiger partial charge in [-0.15, -0.1) is 11.3 Å². The van der Waals surface area contributed by atoms with E-state index in [0.29, 0.717) is 29.9 Å². The van der Waals surface area contributed by atoms with Crippen molar-refractivity contribution in [1.29, 1.82) is 0 Å². The number of aromatic amines is 1. The zero-order valence-electron chi connectivity index (χ0n) is 14.5. The number of hydrogen-bond acceptors (Lipinski definition) is 4. The van der Waals surface area contributed by atoms with E-state index in [-0.39, 0.29) is 11.7 Å². The Bertz CT molecular complexity index is 840. The second-order valence-electron chi connectivity index (χ2n) is 6.00. The third-order valence-corrected chi connectivity index (χ3v) is 5.01. The second-order valence-corrected chi connectivity index (χ2v) is 7.03. The first-order chi connectivity index (χ1) is 12.0. The van der Waals surface area contributed by atoms with Crippen molar-refractivity contribution in [2.75, 3.05) is 0 Å². The molecule has 1 N–H and O–H groups in total. The molecular formula is C19H20N2O3S.